The van der Waals surface area contributed by atoms with Gasteiger partial charge in [-0.3, -0.25) is 4.94 Å². The second-order valence-electron chi connectivity index (χ2n) is 5.08. The van der Waals surface area contributed by atoms with Crippen molar-refractivity contribution in [3.05, 3.63) is 11.8 Å². The van der Waals surface area contributed by atoms with Gasteiger partial charge in [0.2, 0.25) is 0 Å². The summed E-state index contributed by atoms with van der Waals surface area (Å²) in [6.45, 7) is 1.95. The Morgan fingerprint density at radius 2 is 2.33 bits per heavy atom. The van der Waals surface area contributed by atoms with Crippen LogP contribution in [0.4, 0.5) is 10.3 Å². The van der Waals surface area contributed by atoms with Crippen LogP contribution in [0.1, 0.15) is 31.4 Å². The highest BCUT2D eigenvalue weighted by molar-refractivity contribution is 5.71. The number of hydrogen-bond donors (Lipinski definition) is 0. The van der Waals surface area contributed by atoms with Crippen molar-refractivity contribution in [3.8, 4) is 0 Å². The van der Waals surface area contributed by atoms with Crippen LogP contribution in [0, 0.1) is 5.92 Å². The summed E-state index contributed by atoms with van der Waals surface area (Å²) in [4.78, 5) is 16.3. The minimum absolute atomic E-state index is 0.322. The lowest BCUT2D eigenvalue weighted by Gasteiger charge is -2.16. The highest BCUT2D eigenvalue weighted by atomic mass is 19.3. The molecule has 0 spiro atoms. The van der Waals surface area contributed by atoms with Crippen LogP contribution in [0.15, 0.2) is 6.07 Å². The largest absolute Gasteiger partial charge is 0.363 e. The van der Waals surface area contributed by atoms with Gasteiger partial charge < -0.3 is 4.90 Å². The zero-order valence-corrected chi connectivity index (χ0v) is 10.9. The molecule has 1 aromatic rings. The Morgan fingerprint density at radius 1 is 1.67 bits per heavy atom. The molecule has 0 aromatic carbocycles. The Hall–Kier alpha value is -1.59. The molecule has 1 aliphatic rings. The number of anilines is 1. The number of halogens is 1. The monoisotopic (exact) mass is 255 g/mol. The van der Waals surface area contributed by atoms with Crippen LogP contribution in [0.2, 0.25) is 0 Å². The van der Waals surface area contributed by atoms with Crippen molar-refractivity contribution < 1.29 is 14.3 Å². The predicted molar refractivity (Wildman–Crippen MR) is 64.9 cm³/mol. The van der Waals surface area contributed by atoms with Crippen molar-refractivity contribution in [3.63, 3.8) is 0 Å². The summed E-state index contributed by atoms with van der Waals surface area (Å²) in [5, 5.41) is 4.49. The molecule has 5 nitrogen and oxygen atoms in total. The maximum absolute atomic E-state index is 11.9. The van der Waals surface area contributed by atoms with E-state index < -0.39 is 11.9 Å². The van der Waals surface area contributed by atoms with Gasteiger partial charge in [0.25, 0.3) is 0 Å². The fraction of sp³-hybridized carbons (Fsp3) is 0.667. The summed E-state index contributed by atoms with van der Waals surface area (Å²) in [6, 6.07) is 2.03. The van der Waals surface area contributed by atoms with Crippen LogP contribution in [0.25, 0.3) is 0 Å². The van der Waals surface area contributed by atoms with Crippen LogP contribution < -0.4 is 4.90 Å². The van der Waals surface area contributed by atoms with E-state index in [-0.39, 0.29) is 0 Å². The van der Waals surface area contributed by atoms with Gasteiger partial charge in [-0.25, -0.2) is 9.48 Å². The maximum Gasteiger partial charge on any atom is 0.353 e. The molecule has 0 bridgehead atoms. The van der Waals surface area contributed by atoms with Gasteiger partial charge in [-0.05, 0) is 19.8 Å². The van der Waals surface area contributed by atoms with E-state index in [1.54, 1.807) is 11.6 Å². The molecule has 1 aromatic heterocycles. The number of nitrogens with zero attached hydrogens (tertiary/aromatic N) is 3. The lowest BCUT2D eigenvalue weighted by Crippen LogP contribution is -2.22. The van der Waals surface area contributed by atoms with Gasteiger partial charge >= 0.3 is 5.97 Å². The summed E-state index contributed by atoms with van der Waals surface area (Å²) < 4.78 is 13.6. The molecule has 1 fully saturated rings. The molecule has 0 saturated heterocycles. The van der Waals surface area contributed by atoms with Crippen molar-refractivity contribution in [1.82, 2.24) is 9.78 Å². The molecule has 1 heterocycles. The van der Waals surface area contributed by atoms with E-state index >= 15 is 0 Å². The predicted octanol–water partition coefficient (Wildman–Crippen LogP) is 1.89. The summed E-state index contributed by atoms with van der Waals surface area (Å²) in [5.41, 5.74) is 1.06. The summed E-state index contributed by atoms with van der Waals surface area (Å²) in [7, 11) is 3.84. The van der Waals surface area contributed by atoms with Crippen LogP contribution in [0.3, 0.4) is 0 Å². The standard InChI is InChI=1S/C12H18FN3O2/c1-8(12(17)18-13)7-16-11(15(2)3)6-10(14-16)9-4-5-9/h6,8-9H,4-5,7H2,1-3H3. The molecule has 1 unspecified atom stereocenters. The molecule has 0 aliphatic heterocycles. The lowest BCUT2D eigenvalue weighted by atomic mass is 10.2. The van der Waals surface area contributed by atoms with E-state index in [4.69, 9.17) is 0 Å². The fourth-order valence-corrected chi connectivity index (χ4v) is 1.91. The Labute approximate surface area is 105 Å². The third-order valence-electron chi connectivity index (χ3n) is 3.16. The molecule has 1 saturated carbocycles. The molecular formula is C12H18FN3O2. The van der Waals surface area contributed by atoms with Crippen LogP contribution in [0.5, 0.6) is 0 Å². The van der Waals surface area contributed by atoms with E-state index in [2.05, 4.69) is 10.0 Å². The van der Waals surface area contributed by atoms with Gasteiger partial charge in [-0.1, -0.05) is 0 Å². The molecule has 1 atom stereocenters. The van der Waals surface area contributed by atoms with Gasteiger partial charge in [0, 0.05) is 30.6 Å². The van der Waals surface area contributed by atoms with Crippen molar-refractivity contribution in [2.45, 2.75) is 32.2 Å². The van der Waals surface area contributed by atoms with E-state index in [1.165, 1.54) is 12.8 Å². The minimum Gasteiger partial charge on any atom is -0.363 e. The first-order valence-corrected chi connectivity index (χ1v) is 6.10. The maximum atomic E-state index is 11.9. The highest BCUT2D eigenvalue weighted by Gasteiger charge is 2.28. The topological polar surface area (TPSA) is 47.4 Å². The van der Waals surface area contributed by atoms with E-state index in [1.807, 2.05) is 25.1 Å². The number of hydrogen-bond acceptors (Lipinski definition) is 4. The van der Waals surface area contributed by atoms with E-state index in [0.29, 0.717) is 12.5 Å². The molecule has 6 heteroatoms. The van der Waals surface area contributed by atoms with Crippen molar-refractivity contribution in [2.75, 3.05) is 19.0 Å². The van der Waals surface area contributed by atoms with Crippen molar-refractivity contribution in [1.29, 1.82) is 0 Å². The molecular weight excluding hydrogens is 237 g/mol. The SMILES string of the molecule is CC(Cn1nc(C2CC2)cc1N(C)C)C(=O)OF. The van der Waals surface area contributed by atoms with Crippen LogP contribution in [-0.4, -0.2) is 29.8 Å². The van der Waals surface area contributed by atoms with Gasteiger partial charge in [-0.15, -0.1) is 0 Å². The zero-order valence-electron chi connectivity index (χ0n) is 10.9. The average Bonchev–Trinajstić information content (AvgIpc) is 3.10. The normalized spacial score (nSPS) is 16.4. The number of carbonyl (C=O) groups is 1. The first-order chi connectivity index (χ1) is 8.52. The minimum atomic E-state index is -0.858. The lowest BCUT2D eigenvalue weighted by molar-refractivity contribution is -0.188. The molecule has 100 valence electrons. The third-order valence-corrected chi connectivity index (χ3v) is 3.16. The Balaban J connectivity index is 2.17. The second-order valence-corrected chi connectivity index (χ2v) is 5.08. The highest BCUT2D eigenvalue weighted by Crippen LogP contribution is 2.40. The number of rotatable bonds is 5. The van der Waals surface area contributed by atoms with Gasteiger partial charge in [0.05, 0.1) is 18.2 Å². The van der Waals surface area contributed by atoms with Crippen LogP contribution >= 0.6 is 0 Å². The second kappa shape index (κ2) is 4.96. The first-order valence-electron chi connectivity index (χ1n) is 6.10. The smallest absolute Gasteiger partial charge is 0.353 e. The molecule has 0 amide bonds. The van der Waals surface area contributed by atoms with Gasteiger partial charge in [-0.2, -0.15) is 5.10 Å². The summed E-state index contributed by atoms with van der Waals surface area (Å²) >= 11 is 0. The zero-order chi connectivity index (χ0) is 13.3. The first kappa shape index (κ1) is 12.9. The quantitative estimate of drug-likeness (QED) is 0.806. The Bertz CT molecular complexity index is 441. The average molecular weight is 255 g/mol. The Morgan fingerprint density at radius 3 is 2.83 bits per heavy atom. The number of carbonyl (C=O) groups excluding carboxylic acids is 1. The summed E-state index contributed by atoms with van der Waals surface area (Å²) in [5.74, 6) is 0.0626. The molecule has 2 rings (SSSR count). The van der Waals surface area contributed by atoms with Crippen molar-refractivity contribution in [2.24, 2.45) is 5.92 Å². The van der Waals surface area contributed by atoms with E-state index in [9.17, 15) is 9.32 Å². The van der Waals surface area contributed by atoms with Crippen LogP contribution in [-0.2, 0) is 16.3 Å². The molecule has 0 N–H and O–H groups in total. The molecule has 18 heavy (non-hydrogen) atoms. The molecule has 1 aliphatic carbocycles. The third kappa shape index (κ3) is 2.63. The fourth-order valence-electron chi connectivity index (χ4n) is 1.91. The Kier molecular flexibility index (Phi) is 3.54. The number of aromatic nitrogens is 2. The van der Waals surface area contributed by atoms with Gasteiger partial charge in [0.1, 0.15) is 5.82 Å². The van der Waals surface area contributed by atoms with Gasteiger partial charge in [0.15, 0.2) is 0 Å². The van der Waals surface area contributed by atoms with Crippen molar-refractivity contribution >= 4 is 11.8 Å². The van der Waals surface area contributed by atoms with E-state index in [0.717, 1.165) is 11.5 Å². The summed E-state index contributed by atoms with van der Waals surface area (Å²) in [6.07, 6.45) is 2.35. The molecule has 0 radical (unpaired) electrons.